The van der Waals surface area contributed by atoms with Crippen LogP contribution in [-0.4, -0.2) is 48.9 Å². The van der Waals surface area contributed by atoms with Crippen molar-refractivity contribution < 1.29 is 14.4 Å². The number of carbonyl (C=O) groups is 3. The second-order valence-electron chi connectivity index (χ2n) is 6.74. The number of benzene rings is 1. The van der Waals surface area contributed by atoms with E-state index in [1.54, 1.807) is 11.9 Å². The average molecular weight is 344 g/mol. The van der Waals surface area contributed by atoms with Crippen LogP contribution in [0.2, 0.25) is 0 Å². The highest BCUT2D eigenvalue weighted by Gasteiger charge is 2.41. The highest BCUT2D eigenvalue weighted by atomic mass is 16.2. The Balaban J connectivity index is 1.61. The summed E-state index contributed by atoms with van der Waals surface area (Å²) >= 11 is 0. The van der Waals surface area contributed by atoms with Crippen molar-refractivity contribution in [3.05, 3.63) is 35.9 Å². The van der Waals surface area contributed by atoms with Crippen molar-refractivity contribution in [2.75, 3.05) is 20.1 Å². The zero-order valence-electron chi connectivity index (χ0n) is 14.3. The summed E-state index contributed by atoms with van der Waals surface area (Å²) in [7, 11) is 1.62. The second kappa shape index (κ2) is 7.55. The Labute approximate surface area is 147 Å². The largest absolute Gasteiger partial charge is 0.359 e. The van der Waals surface area contributed by atoms with Crippen molar-refractivity contribution in [2.24, 2.45) is 11.8 Å². The van der Waals surface area contributed by atoms with Gasteiger partial charge < -0.3 is 20.9 Å². The first kappa shape index (κ1) is 17.3. The van der Waals surface area contributed by atoms with Gasteiger partial charge in [0.15, 0.2) is 0 Å². The fourth-order valence-corrected chi connectivity index (χ4v) is 3.74. The van der Waals surface area contributed by atoms with Gasteiger partial charge in [-0.15, -0.1) is 0 Å². The van der Waals surface area contributed by atoms with Crippen LogP contribution < -0.4 is 16.0 Å². The van der Waals surface area contributed by atoms with Crippen LogP contribution in [0, 0.1) is 11.8 Å². The monoisotopic (exact) mass is 344 g/mol. The van der Waals surface area contributed by atoms with Crippen molar-refractivity contribution >= 4 is 17.8 Å². The number of carbonyl (C=O) groups excluding carboxylic acids is 3. The van der Waals surface area contributed by atoms with Crippen LogP contribution in [-0.2, 0) is 16.1 Å². The average Bonchev–Trinajstić information content (AvgIpc) is 2.94. The molecular weight excluding hydrogens is 320 g/mol. The molecule has 1 aromatic carbocycles. The smallest absolute Gasteiger partial charge is 0.318 e. The number of hydrogen-bond donors (Lipinski definition) is 3. The van der Waals surface area contributed by atoms with Crippen LogP contribution >= 0.6 is 0 Å². The maximum atomic E-state index is 12.5. The highest BCUT2D eigenvalue weighted by Crippen LogP contribution is 2.33. The fraction of sp³-hybridized carbons (Fsp3) is 0.500. The molecular formula is C18H24N4O3. The number of nitrogens with one attached hydrogen (secondary N) is 3. The minimum absolute atomic E-state index is 0.00222. The van der Waals surface area contributed by atoms with Crippen LogP contribution in [0.1, 0.15) is 18.4 Å². The van der Waals surface area contributed by atoms with Crippen LogP contribution in [0.25, 0.3) is 0 Å². The molecule has 0 bridgehead atoms. The molecule has 1 aliphatic heterocycles. The second-order valence-corrected chi connectivity index (χ2v) is 6.74. The number of urea groups is 1. The van der Waals surface area contributed by atoms with Gasteiger partial charge in [-0.05, 0) is 24.3 Å². The Morgan fingerprint density at radius 1 is 1.24 bits per heavy atom. The molecule has 1 aromatic rings. The van der Waals surface area contributed by atoms with Gasteiger partial charge in [-0.1, -0.05) is 30.3 Å². The lowest BCUT2D eigenvalue weighted by Gasteiger charge is -2.23. The highest BCUT2D eigenvalue weighted by molar-refractivity contribution is 5.85. The SMILES string of the molecule is CNC(=O)[C@H]1C[C@@H]2CN(C(=O)NCc3ccccc3)CC(=O)N[C@@H]2C1. The molecule has 3 rings (SSSR count). The van der Waals surface area contributed by atoms with Crippen molar-refractivity contribution in [2.45, 2.75) is 25.4 Å². The summed E-state index contributed by atoms with van der Waals surface area (Å²) in [6.07, 6.45) is 1.32. The number of hydrogen-bond acceptors (Lipinski definition) is 3. The summed E-state index contributed by atoms with van der Waals surface area (Å²) in [5.41, 5.74) is 1.01. The van der Waals surface area contributed by atoms with Gasteiger partial charge in [-0.25, -0.2) is 4.79 Å². The van der Waals surface area contributed by atoms with Crippen LogP contribution in [0.3, 0.4) is 0 Å². The lowest BCUT2D eigenvalue weighted by atomic mass is 10.0. The summed E-state index contributed by atoms with van der Waals surface area (Å²) in [6, 6.07) is 9.36. The molecule has 25 heavy (non-hydrogen) atoms. The van der Waals surface area contributed by atoms with Gasteiger partial charge >= 0.3 is 6.03 Å². The van der Waals surface area contributed by atoms with Gasteiger partial charge in [-0.2, -0.15) is 0 Å². The first-order valence-corrected chi connectivity index (χ1v) is 8.64. The first-order chi connectivity index (χ1) is 12.1. The van der Waals surface area contributed by atoms with Gasteiger partial charge in [-0.3, -0.25) is 9.59 Å². The van der Waals surface area contributed by atoms with Crippen molar-refractivity contribution in [3.63, 3.8) is 0 Å². The molecule has 1 heterocycles. The molecule has 4 amide bonds. The standard InChI is InChI=1S/C18H24N4O3/c1-19-17(24)13-7-14-10-22(11-16(23)21-15(14)8-13)18(25)20-9-12-5-3-2-4-6-12/h2-6,13-15H,7-11H2,1H3,(H,19,24)(H,20,25)(H,21,23)/t13-,14+,15+/m0/s1. The van der Waals surface area contributed by atoms with E-state index >= 15 is 0 Å². The Hall–Kier alpha value is -2.57. The third kappa shape index (κ3) is 4.10. The summed E-state index contributed by atoms with van der Waals surface area (Å²) in [5, 5.41) is 8.51. The number of nitrogens with zero attached hydrogens (tertiary/aromatic N) is 1. The van der Waals surface area contributed by atoms with Crippen LogP contribution in [0.15, 0.2) is 30.3 Å². The van der Waals surface area contributed by atoms with E-state index in [1.165, 1.54) is 0 Å². The lowest BCUT2D eigenvalue weighted by molar-refractivity contribution is -0.125. The molecule has 0 spiro atoms. The summed E-state index contributed by atoms with van der Waals surface area (Å²) in [5.74, 6) is -0.161. The first-order valence-electron chi connectivity index (χ1n) is 8.64. The third-order valence-corrected chi connectivity index (χ3v) is 5.02. The number of fused-ring (bicyclic) bond motifs is 1. The molecule has 2 fully saturated rings. The molecule has 7 heteroatoms. The molecule has 1 saturated carbocycles. The van der Waals surface area contributed by atoms with E-state index in [-0.39, 0.29) is 42.3 Å². The van der Waals surface area contributed by atoms with E-state index in [0.29, 0.717) is 25.9 Å². The predicted molar refractivity (Wildman–Crippen MR) is 92.5 cm³/mol. The van der Waals surface area contributed by atoms with Crippen LogP contribution in [0.5, 0.6) is 0 Å². The minimum Gasteiger partial charge on any atom is -0.359 e. The zero-order valence-corrected chi connectivity index (χ0v) is 14.3. The normalized spacial score (nSPS) is 25.6. The van der Waals surface area contributed by atoms with E-state index in [4.69, 9.17) is 0 Å². The zero-order chi connectivity index (χ0) is 17.8. The van der Waals surface area contributed by atoms with Gasteiger partial charge in [0.25, 0.3) is 0 Å². The Morgan fingerprint density at radius 3 is 2.72 bits per heavy atom. The van der Waals surface area contributed by atoms with Crippen molar-refractivity contribution in [1.29, 1.82) is 0 Å². The van der Waals surface area contributed by atoms with Crippen LogP contribution in [0.4, 0.5) is 4.79 Å². The number of amides is 4. The van der Waals surface area contributed by atoms with Crippen molar-refractivity contribution in [1.82, 2.24) is 20.9 Å². The Morgan fingerprint density at radius 2 is 2.00 bits per heavy atom. The molecule has 134 valence electrons. The van der Waals surface area contributed by atoms with Gasteiger partial charge in [0.2, 0.25) is 11.8 Å². The summed E-state index contributed by atoms with van der Waals surface area (Å²) in [6.45, 7) is 0.961. The topological polar surface area (TPSA) is 90.5 Å². The molecule has 2 aliphatic rings. The predicted octanol–water partition coefficient (Wildman–Crippen LogP) is 0.469. The van der Waals surface area contributed by atoms with Gasteiger partial charge in [0, 0.05) is 32.1 Å². The molecule has 3 N–H and O–H groups in total. The Bertz CT molecular complexity index is 649. The maximum absolute atomic E-state index is 12.5. The molecule has 1 aliphatic carbocycles. The molecule has 0 unspecified atom stereocenters. The molecule has 0 aromatic heterocycles. The molecule has 3 atom stereocenters. The lowest BCUT2D eigenvalue weighted by Crippen LogP contribution is -2.44. The number of rotatable bonds is 3. The fourth-order valence-electron chi connectivity index (χ4n) is 3.74. The van der Waals surface area contributed by atoms with Gasteiger partial charge in [0.1, 0.15) is 6.54 Å². The van der Waals surface area contributed by atoms with Crippen molar-refractivity contribution in [3.8, 4) is 0 Å². The van der Waals surface area contributed by atoms with E-state index in [0.717, 1.165) is 5.56 Å². The summed E-state index contributed by atoms with van der Waals surface area (Å²) < 4.78 is 0. The van der Waals surface area contributed by atoms with E-state index in [1.807, 2.05) is 30.3 Å². The Kier molecular flexibility index (Phi) is 5.21. The molecule has 0 radical (unpaired) electrons. The molecule has 7 nitrogen and oxygen atoms in total. The van der Waals surface area contributed by atoms with E-state index in [9.17, 15) is 14.4 Å². The quantitative estimate of drug-likeness (QED) is 0.744. The van der Waals surface area contributed by atoms with Gasteiger partial charge in [0.05, 0.1) is 0 Å². The van der Waals surface area contributed by atoms with E-state index < -0.39 is 0 Å². The minimum atomic E-state index is -0.247. The maximum Gasteiger partial charge on any atom is 0.318 e. The van der Waals surface area contributed by atoms with E-state index in [2.05, 4.69) is 16.0 Å². The molecule has 1 saturated heterocycles. The summed E-state index contributed by atoms with van der Waals surface area (Å²) in [4.78, 5) is 38.0. The third-order valence-electron chi connectivity index (χ3n) is 5.02.